The fourth-order valence-corrected chi connectivity index (χ4v) is 2.03. The highest BCUT2D eigenvalue weighted by Gasteiger charge is 2.30. The molecule has 0 radical (unpaired) electrons. The maximum atomic E-state index is 11.9. The van der Waals surface area contributed by atoms with Crippen LogP contribution >= 0.6 is 0 Å². The summed E-state index contributed by atoms with van der Waals surface area (Å²) in [5, 5.41) is 1.82. The first-order valence-electron chi connectivity index (χ1n) is 7.05. The van der Waals surface area contributed by atoms with Crippen LogP contribution in [-0.2, 0) is 14.4 Å². The van der Waals surface area contributed by atoms with Gasteiger partial charge >= 0.3 is 5.97 Å². The number of piperazine rings is 1. The second-order valence-electron chi connectivity index (χ2n) is 6.27. The highest BCUT2D eigenvalue weighted by molar-refractivity contribution is 5.75. The zero-order valence-corrected chi connectivity index (χ0v) is 12.9. The van der Waals surface area contributed by atoms with Gasteiger partial charge in [0.25, 0.3) is 0 Å². The van der Waals surface area contributed by atoms with Crippen LogP contribution < -0.4 is 0 Å². The normalized spacial score (nSPS) is 22.5. The summed E-state index contributed by atoms with van der Waals surface area (Å²) in [5.74, 6) is -0.160. The van der Waals surface area contributed by atoms with Crippen molar-refractivity contribution in [3.63, 3.8) is 0 Å². The van der Waals surface area contributed by atoms with Crippen molar-refractivity contribution < 1.29 is 14.4 Å². The number of carbonyl (C=O) groups is 1. The highest BCUT2D eigenvalue weighted by atomic mass is 16.7. The molecule has 0 amide bonds. The smallest absolute Gasteiger partial charge is 0.330 e. The predicted octanol–water partition coefficient (Wildman–Crippen LogP) is 1.53. The molecule has 0 aromatic carbocycles. The number of carbonyl (C=O) groups excluding carboxylic acids is 1. The lowest BCUT2D eigenvalue weighted by Crippen LogP contribution is -2.53. The zero-order valence-electron chi connectivity index (χ0n) is 12.9. The van der Waals surface area contributed by atoms with Gasteiger partial charge in [-0.25, -0.2) is 4.79 Å². The number of hydrogen-bond donors (Lipinski definition) is 0. The maximum absolute atomic E-state index is 11.9. The molecular formula is C14H28N2O3. The molecule has 19 heavy (non-hydrogen) atoms. The Kier molecular flexibility index (Phi) is 6.23. The molecule has 0 spiro atoms. The third kappa shape index (κ3) is 5.47. The molecule has 5 nitrogen and oxygen atoms in total. The summed E-state index contributed by atoms with van der Waals surface area (Å²) in [6.07, 6.45) is 1.05. The first kappa shape index (κ1) is 16.4. The van der Waals surface area contributed by atoms with E-state index >= 15 is 0 Å². The average Bonchev–Trinajstić information content (AvgIpc) is 2.31. The minimum atomic E-state index is -0.449. The molecule has 1 heterocycles. The second kappa shape index (κ2) is 7.22. The molecule has 112 valence electrons. The summed E-state index contributed by atoms with van der Waals surface area (Å²) in [6.45, 7) is 12.2. The van der Waals surface area contributed by atoms with Crippen LogP contribution in [0, 0.1) is 5.41 Å². The monoisotopic (exact) mass is 272 g/mol. The highest BCUT2D eigenvalue weighted by Crippen LogP contribution is 2.18. The molecule has 5 heteroatoms. The van der Waals surface area contributed by atoms with Gasteiger partial charge in [0, 0.05) is 39.9 Å². The van der Waals surface area contributed by atoms with Crippen LogP contribution in [0.3, 0.4) is 0 Å². The fraction of sp³-hybridized carbons (Fsp3) is 0.929. The molecule has 1 aliphatic heterocycles. The van der Waals surface area contributed by atoms with Gasteiger partial charge in [-0.1, -0.05) is 0 Å². The molecule has 0 bridgehead atoms. The number of hydroxylamine groups is 2. The number of methoxy groups -OCH3 is 1. The van der Waals surface area contributed by atoms with E-state index in [4.69, 9.17) is 9.57 Å². The summed E-state index contributed by atoms with van der Waals surface area (Å²) in [4.78, 5) is 19.8. The molecule has 1 atom stereocenters. The van der Waals surface area contributed by atoms with Crippen molar-refractivity contribution in [2.75, 3.05) is 39.9 Å². The van der Waals surface area contributed by atoms with Gasteiger partial charge in [0.1, 0.15) is 0 Å². The van der Waals surface area contributed by atoms with Crippen LogP contribution in [0.15, 0.2) is 0 Å². The molecule has 1 unspecified atom stereocenters. The lowest BCUT2D eigenvalue weighted by Gasteiger charge is -2.39. The van der Waals surface area contributed by atoms with Crippen LogP contribution in [0.4, 0.5) is 0 Å². The number of hydrogen-bond acceptors (Lipinski definition) is 5. The van der Waals surface area contributed by atoms with Gasteiger partial charge in [-0.05, 0) is 34.1 Å². The number of nitrogens with zero attached hydrogens (tertiary/aromatic N) is 2. The number of ether oxygens (including phenoxy) is 1. The second-order valence-corrected chi connectivity index (χ2v) is 6.27. The Morgan fingerprint density at radius 2 is 2.00 bits per heavy atom. The van der Waals surface area contributed by atoms with Gasteiger partial charge in [-0.15, -0.1) is 5.06 Å². The molecule has 0 aromatic rings. The van der Waals surface area contributed by atoms with Gasteiger partial charge in [-0.3, -0.25) is 0 Å². The molecule has 1 rings (SSSR count). The van der Waals surface area contributed by atoms with E-state index in [1.807, 2.05) is 25.8 Å². The topological polar surface area (TPSA) is 42.0 Å². The standard InChI is InChI=1S/C14H28N2O3/c1-12-11-15(7-6-10-18-5)8-9-16(12)19-13(17)14(2,3)4/h12H,6-11H2,1-5H3. The maximum Gasteiger partial charge on any atom is 0.330 e. The summed E-state index contributed by atoms with van der Waals surface area (Å²) in [6, 6.07) is 0.239. The van der Waals surface area contributed by atoms with E-state index in [1.165, 1.54) is 0 Å². The Hall–Kier alpha value is -0.650. The largest absolute Gasteiger partial charge is 0.385 e. The van der Waals surface area contributed by atoms with Crippen LogP contribution in [0.25, 0.3) is 0 Å². The minimum absolute atomic E-state index is 0.160. The van der Waals surface area contributed by atoms with E-state index in [1.54, 1.807) is 7.11 Å². The first-order valence-corrected chi connectivity index (χ1v) is 7.05. The van der Waals surface area contributed by atoms with Gasteiger partial charge < -0.3 is 14.5 Å². The Morgan fingerprint density at radius 3 is 2.53 bits per heavy atom. The Morgan fingerprint density at radius 1 is 1.32 bits per heavy atom. The molecule has 1 saturated heterocycles. The SMILES string of the molecule is COCCCN1CCN(OC(=O)C(C)(C)C)C(C)C1. The van der Waals surface area contributed by atoms with Crippen LogP contribution in [0.2, 0.25) is 0 Å². The molecule has 0 N–H and O–H groups in total. The van der Waals surface area contributed by atoms with Crippen molar-refractivity contribution in [1.82, 2.24) is 9.96 Å². The van der Waals surface area contributed by atoms with E-state index in [-0.39, 0.29) is 12.0 Å². The van der Waals surface area contributed by atoms with Gasteiger partial charge in [0.15, 0.2) is 0 Å². The molecule has 0 aliphatic carbocycles. The summed E-state index contributed by atoms with van der Waals surface area (Å²) >= 11 is 0. The third-order valence-corrected chi connectivity index (χ3v) is 3.29. The van der Waals surface area contributed by atoms with Gasteiger partial charge in [0.2, 0.25) is 0 Å². The Labute approximate surface area is 116 Å². The van der Waals surface area contributed by atoms with E-state index in [0.29, 0.717) is 0 Å². The zero-order chi connectivity index (χ0) is 14.5. The lowest BCUT2D eigenvalue weighted by atomic mass is 9.98. The average molecular weight is 272 g/mol. The molecule has 1 aliphatic rings. The Bertz CT molecular complexity index is 289. The summed E-state index contributed by atoms with van der Waals surface area (Å²) in [5.41, 5.74) is -0.449. The molecule has 1 fully saturated rings. The van der Waals surface area contributed by atoms with E-state index in [2.05, 4.69) is 11.8 Å². The van der Waals surface area contributed by atoms with Crippen LogP contribution in [0.1, 0.15) is 34.1 Å². The van der Waals surface area contributed by atoms with Crippen LogP contribution in [0.5, 0.6) is 0 Å². The molecule has 0 aromatic heterocycles. The molecular weight excluding hydrogens is 244 g/mol. The van der Waals surface area contributed by atoms with E-state index in [0.717, 1.165) is 39.2 Å². The minimum Gasteiger partial charge on any atom is -0.385 e. The summed E-state index contributed by atoms with van der Waals surface area (Å²) in [7, 11) is 1.73. The van der Waals surface area contributed by atoms with E-state index in [9.17, 15) is 4.79 Å². The van der Waals surface area contributed by atoms with Crippen molar-refractivity contribution in [2.24, 2.45) is 5.41 Å². The van der Waals surface area contributed by atoms with Gasteiger partial charge in [-0.2, -0.15) is 0 Å². The van der Waals surface area contributed by atoms with Crippen molar-refractivity contribution in [2.45, 2.75) is 40.2 Å². The van der Waals surface area contributed by atoms with Crippen LogP contribution in [-0.4, -0.2) is 61.9 Å². The fourth-order valence-electron chi connectivity index (χ4n) is 2.03. The molecule has 0 saturated carbocycles. The van der Waals surface area contributed by atoms with Gasteiger partial charge in [0.05, 0.1) is 11.5 Å². The Balaban J connectivity index is 2.36. The number of rotatable bonds is 5. The van der Waals surface area contributed by atoms with Crippen molar-refractivity contribution >= 4 is 5.97 Å². The summed E-state index contributed by atoms with van der Waals surface area (Å²) < 4.78 is 5.06. The van der Waals surface area contributed by atoms with E-state index < -0.39 is 5.41 Å². The third-order valence-electron chi connectivity index (χ3n) is 3.29. The van der Waals surface area contributed by atoms with Crippen molar-refractivity contribution in [3.05, 3.63) is 0 Å². The predicted molar refractivity (Wildman–Crippen MR) is 74.6 cm³/mol. The quantitative estimate of drug-likeness (QED) is 0.710. The van der Waals surface area contributed by atoms with Crippen molar-refractivity contribution in [1.29, 1.82) is 0 Å². The first-order chi connectivity index (χ1) is 8.84. The van der Waals surface area contributed by atoms with Crippen molar-refractivity contribution in [3.8, 4) is 0 Å². The lowest BCUT2D eigenvalue weighted by molar-refractivity contribution is -0.219.